The Labute approximate surface area is 107 Å². The van der Waals surface area contributed by atoms with Gasteiger partial charge in [-0.25, -0.2) is 4.39 Å². The van der Waals surface area contributed by atoms with Gasteiger partial charge in [0.1, 0.15) is 5.82 Å². The van der Waals surface area contributed by atoms with Crippen LogP contribution >= 0.6 is 0 Å². The van der Waals surface area contributed by atoms with Crippen LogP contribution in [-0.4, -0.2) is 0 Å². The lowest BCUT2D eigenvalue weighted by atomic mass is 10.0. The minimum Gasteiger partial charge on any atom is -0.378 e. The molecule has 2 aromatic rings. The standard InChI is InChI=1S/C16H16FN/c1-11-2-3-12-4-9-16(15(12)10-11)18-14-7-5-13(17)6-8-14/h2-3,5-8,10,16,18H,4,9H2,1H3. The van der Waals surface area contributed by atoms with Gasteiger partial charge in [-0.15, -0.1) is 0 Å². The van der Waals surface area contributed by atoms with E-state index in [9.17, 15) is 4.39 Å². The van der Waals surface area contributed by atoms with Crippen molar-refractivity contribution in [2.45, 2.75) is 25.8 Å². The molecule has 1 nitrogen and oxygen atoms in total. The van der Waals surface area contributed by atoms with E-state index in [4.69, 9.17) is 0 Å². The molecular weight excluding hydrogens is 225 g/mol. The topological polar surface area (TPSA) is 12.0 Å². The lowest BCUT2D eigenvalue weighted by Crippen LogP contribution is -2.07. The average molecular weight is 241 g/mol. The zero-order valence-corrected chi connectivity index (χ0v) is 10.4. The summed E-state index contributed by atoms with van der Waals surface area (Å²) in [6.45, 7) is 2.12. The Bertz CT molecular complexity index is 560. The van der Waals surface area contributed by atoms with Crippen molar-refractivity contribution in [3.63, 3.8) is 0 Å². The largest absolute Gasteiger partial charge is 0.378 e. The van der Waals surface area contributed by atoms with Gasteiger partial charge in [-0.3, -0.25) is 0 Å². The normalized spacial score (nSPS) is 17.6. The molecule has 18 heavy (non-hydrogen) atoms. The fraction of sp³-hybridized carbons (Fsp3) is 0.250. The van der Waals surface area contributed by atoms with E-state index in [2.05, 4.69) is 30.4 Å². The number of fused-ring (bicyclic) bond motifs is 1. The molecule has 0 heterocycles. The second-order valence-electron chi connectivity index (χ2n) is 4.94. The van der Waals surface area contributed by atoms with Crippen molar-refractivity contribution in [3.05, 3.63) is 65.0 Å². The van der Waals surface area contributed by atoms with Crippen molar-refractivity contribution < 1.29 is 4.39 Å². The first-order valence-corrected chi connectivity index (χ1v) is 6.34. The third-order valence-corrected chi connectivity index (χ3v) is 3.56. The van der Waals surface area contributed by atoms with Crippen LogP contribution in [0, 0.1) is 12.7 Å². The van der Waals surface area contributed by atoms with Gasteiger partial charge >= 0.3 is 0 Å². The minimum atomic E-state index is -0.191. The van der Waals surface area contributed by atoms with Gasteiger partial charge in [0.2, 0.25) is 0 Å². The van der Waals surface area contributed by atoms with Crippen molar-refractivity contribution >= 4 is 5.69 Å². The van der Waals surface area contributed by atoms with Crippen LogP contribution in [0.25, 0.3) is 0 Å². The number of hydrogen-bond acceptors (Lipinski definition) is 1. The van der Waals surface area contributed by atoms with Crippen LogP contribution in [0.15, 0.2) is 42.5 Å². The molecule has 2 aromatic carbocycles. The summed E-state index contributed by atoms with van der Waals surface area (Å²) < 4.78 is 12.9. The highest BCUT2D eigenvalue weighted by Crippen LogP contribution is 2.34. The number of halogens is 1. The Balaban J connectivity index is 1.84. The molecule has 92 valence electrons. The van der Waals surface area contributed by atoms with E-state index in [1.807, 2.05) is 0 Å². The van der Waals surface area contributed by atoms with Crippen molar-refractivity contribution in [2.75, 3.05) is 5.32 Å². The Kier molecular flexibility index (Phi) is 2.78. The lowest BCUT2D eigenvalue weighted by molar-refractivity contribution is 0.627. The smallest absolute Gasteiger partial charge is 0.123 e. The molecular formula is C16H16FN. The highest BCUT2D eigenvalue weighted by molar-refractivity contribution is 5.48. The third-order valence-electron chi connectivity index (χ3n) is 3.56. The zero-order valence-electron chi connectivity index (χ0n) is 10.4. The van der Waals surface area contributed by atoms with Crippen molar-refractivity contribution in [2.24, 2.45) is 0 Å². The maximum absolute atomic E-state index is 12.9. The maximum Gasteiger partial charge on any atom is 0.123 e. The number of rotatable bonds is 2. The van der Waals surface area contributed by atoms with Crippen LogP contribution in [0.4, 0.5) is 10.1 Å². The molecule has 0 saturated heterocycles. The number of hydrogen-bond donors (Lipinski definition) is 1. The number of nitrogens with one attached hydrogen (secondary N) is 1. The van der Waals surface area contributed by atoms with Crippen LogP contribution in [-0.2, 0) is 6.42 Å². The van der Waals surface area contributed by atoms with Crippen LogP contribution in [0.1, 0.15) is 29.2 Å². The molecule has 0 aromatic heterocycles. The predicted molar refractivity (Wildman–Crippen MR) is 72.3 cm³/mol. The Morgan fingerprint density at radius 2 is 1.89 bits per heavy atom. The number of aryl methyl sites for hydroxylation is 2. The minimum absolute atomic E-state index is 0.191. The summed E-state index contributed by atoms with van der Waals surface area (Å²) in [5.41, 5.74) is 5.09. The van der Waals surface area contributed by atoms with E-state index in [-0.39, 0.29) is 5.82 Å². The van der Waals surface area contributed by atoms with Crippen molar-refractivity contribution in [3.8, 4) is 0 Å². The molecule has 0 spiro atoms. The second-order valence-corrected chi connectivity index (χ2v) is 4.94. The van der Waals surface area contributed by atoms with E-state index in [1.54, 1.807) is 12.1 Å². The average Bonchev–Trinajstić information content (AvgIpc) is 2.75. The molecule has 0 saturated carbocycles. The van der Waals surface area contributed by atoms with Gasteiger partial charge in [-0.2, -0.15) is 0 Å². The quantitative estimate of drug-likeness (QED) is 0.829. The van der Waals surface area contributed by atoms with Gasteiger partial charge in [0, 0.05) is 5.69 Å². The predicted octanol–water partition coefficient (Wildman–Crippen LogP) is 4.23. The number of benzene rings is 2. The molecule has 0 aliphatic heterocycles. The molecule has 1 aliphatic carbocycles. The van der Waals surface area contributed by atoms with Gasteiger partial charge in [0.25, 0.3) is 0 Å². The van der Waals surface area contributed by atoms with E-state index < -0.39 is 0 Å². The summed E-state index contributed by atoms with van der Waals surface area (Å²) in [5, 5.41) is 3.48. The van der Waals surface area contributed by atoms with Gasteiger partial charge in [-0.1, -0.05) is 23.8 Å². The third kappa shape index (κ3) is 2.10. The van der Waals surface area contributed by atoms with E-state index in [0.29, 0.717) is 6.04 Å². The van der Waals surface area contributed by atoms with E-state index in [1.165, 1.54) is 28.8 Å². The van der Waals surface area contributed by atoms with Crippen LogP contribution in [0.2, 0.25) is 0 Å². The Morgan fingerprint density at radius 1 is 1.11 bits per heavy atom. The van der Waals surface area contributed by atoms with Gasteiger partial charge in [0.15, 0.2) is 0 Å². The molecule has 3 rings (SSSR count). The Hall–Kier alpha value is -1.83. The number of anilines is 1. The van der Waals surface area contributed by atoms with E-state index in [0.717, 1.165) is 18.5 Å². The molecule has 2 heteroatoms. The van der Waals surface area contributed by atoms with E-state index >= 15 is 0 Å². The molecule has 0 amide bonds. The van der Waals surface area contributed by atoms with Crippen LogP contribution < -0.4 is 5.32 Å². The summed E-state index contributed by atoms with van der Waals surface area (Å²) in [7, 11) is 0. The fourth-order valence-corrected chi connectivity index (χ4v) is 2.62. The SMILES string of the molecule is Cc1ccc2c(c1)C(Nc1ccc(F)cc1)CC2. The fourth-order valence-electron chi connectivity index (χ4n) is 2.62. The summed E-state index contributed by atoms with van der Waals surface area (Å²) in [5.74, 6) is -0.191. The first-order valence-electron chi connectivity index (χ1n) is 6.34. The second kappa shape index (κ2) is 4.45. The van der Waals surface area contributed by atoms with Gasteiger partial charge in [0.05, 0.1) is 6.04 Å². The van der Waals surface area contributed by atoms with Gasteiger partial charge < -0.3 is 5.32 Å². The molecule has 1 aliphatic rings. The molecule has 1 N–H and O–H groups in total. The highest BCUT2D eigenvalue weighted by Gasteiger charge is 2.21. The summed E-state index contributed by atoms with van der Waals surface area (Å²) in [6.07, 6.45) is 2.23. The zero-order chi connectivity index (χ0) is 12.5. The van der Waals surface area contributed by atoms with Crippen molar-refractivity contribution in [1.82, 2.24) is 0 Å². The molecule has 0 radical (unpaired) electrons. The van der Waals surface area contributed by atoms with Crippen LogP contribution in [0.5, 0.6) is 0 Å². The molecule has 1 atom stereocenters. The Morgan fingerprint density at radius 3 is 2.67 bits per heavy atom. The highest BCUT2D eigenvalue weighted by atomic mass is 19.1. The van der Waals surface area contributed by atoms with Crippen molar-refractivity contribution in [1.29, 1.82) is 0 Å². The first kappa shape index (κ1) is 11.3. The summed E-state index contributed by atoms with van der Waals surface area (Å²) >= 11 is 0. The first-order chi connectivity index (χ1) is 8.72. The van der Waals surface area contributed by atoms with Crippen LogP contribution in [0.3, 0.4) is 0 Å². The maximum atomic E-state index is 12.9. The van der Waals surface area contributed by atoms with Gasteiger partial charge in [-0.05, 0) is 55.2 Å². The summed E-state index contributed by atoms with van der Waals surface area (Å²) in [6, 6.07) is 13.6. The molecule has 1 unspecified atom stereocenters. The lowest BCUT2D eigenvalue weighted by Gasteiger charge is -2.16. The monoisotopic (exact) mass is 241 g/mol. The molecule has 0 bridgehead atoms. The summed E-state index contributed by atoms with van der Waals surface area (Å²) in [4.78, 5) is 0. The molecule has 0 fully saturated rings.